The number of aromatic amines is 1. The lowest BCUT2D eigenvalue weighted by atomic mass is 10.0. The van der Waals surface area contributed by atoms with Gasteiger partial charge in [-0.1, -0.05) is 29.3 Å². The monoisotopic (exact) mass is 446 g/mol. The van der Waals surface area contributed by atoms with E-state index >= 15 is 0 Å². The first-order chi connectivity index (χ1) is 14.5. The van der Waals surface area contributed by atoms with Gasteiger partial charge < -0.3 is 15.0 Å². The Morgan fingerprint density at radius 1 is 1.20 bits per heavy atom. The molecule has 1 amide bonds. The molecule has 1 fully saturated rings. The molecule has 0 unspecified atom stereocenters. The Labute approximate surface area is 185 Å². The first-order valence-electron chi connectivity index (χ1n) is 10.1. The lowest BCUT2D eigenvalue weighted by molar-refractivity contribution is 0.0374. The molecule has 0 atom stereocenters. The summed E-state index contributed by atoms with van der Waals surface area (Å²) in [6.45, 7) is 7.12. The summed E-state index contributed by atoms with van der Waals surface area (Å²) < 4.78 is 5.35. The van der Waals surface area contributed by atoms with Crippen LogP contribution in [0.15, 0.2) is 30.3 Å². The maximum atomic E-state index is 12.5. The molecule has 1 aliphatic heterocycles. The van der Waals surface area contributed by atoms with Crippen molar-refractivity contribution in [3.8, 4) is 11.4 Å². The predicted molar refractivity (Wildman–Crippen MR) is 120 cm³/mol. The van der Waals surface area contributed by atoms with Gasteiger partial charge in [-0.15, -0.1) is 0 Å². The Bertz CT molecular complexity index is 1020. The third kappa shape index (κ3) is 4.78. The summed E-state index contributed by atoms with van der Waals surface area (Å²) in [6.07, 6.45) is 0.924. The number of benzene rings is 2. The topological polar surface area (TPSA) is 70.2 Å². The van der Waals surface area contributed by atoms with Gasteiger partial charge in [-0.05, 0) is 49.7 Å². The number of nitrogens with one attached hydrogen (secondary N) is 2. The summed E-state index contributed by atoms with van der Waals surface area (Å²) in [5.74, 6) is 0.660. The van der Waals surface area contributed by atoms with E-state index in [-0.39, 0.29) is 5.91 Å². The number of aryl methyl sites for hydroxylation is 1. The molecule has 0 radical (unpaired) electrons. The zero-order valence-electron chi connectivity index (χ0n) is 16.8. The summed E-state index contributed by atoms with van der Waals surface area (Å²) in [6, 6.07) is 9.14. The highest BCUT2D eigenvalue weighted by atomic mass is 35.5. The Balaban J connectivity index is 1.39. The van der Waals surface area contributed by atoms with Gasteiger partial charge in [-0.25, -0.2) is 4.98 Å². The van der Waals surface area contributed by atoms with E-state index in [1.54, 1.807) is 12.1 Å². The van der Waals surface area contributed by atoms with E-state index in [1.807, 2.05) is 25.1 Å². The van der Waals surface area contributed by atoms with Gasteiger partial charge in [-0.2, -0.15) is 0 Å². The molecular weight excluding hydrogens is 423 g/mol. The van der Waals surface area contributed by atoms with E-state index in [2.05, 4.69) is 20.2 Å². The van der Waals surface area contributed by atoms with Crippen molar-refractivity contribution < 1.29 is 9.53 Å². The van der Waals surface area contributed by atoms with Gasteiger partial charge in [0.2, 0.25) is 0 Å². The predicted octanol–water partition coefficient (Wildman–Crippen LogP) is 4.30. The molecule has 158 valence electrons. The molecule has 1 aliphatic rings. The summed E-state index contributed by atoms with van der Waals surface area (Å²) in [5.41, 5.74) is 4.11. The van der Waals surface area contributed by atoms with E-state index in [0.29, 0.717) is 22.2 Å². The van der Waals surface area contributed by atoms with Crippen LogP contribution in [-0.2, 0) is 4.74 Å². The molecule has 3 aromatic rings. The quantitative estimate of drug-likeness (QED) is 0.553. The number of nitrogens with zero attached hydrogens (tertiary/aromatic N) is 2. The van der Waals surface area contributed by atoms with Crippen LogP contribution in [0.4, 0.5) is 0 Å². The molecule has 6 nitrogen and oxygen atoms in total. The van der Waals surface area contributed by atoms with Gasteiger partial charge in [0.25, 0.3) is 5.91 Å². The number of fused-ring (bicyclic) bond motifs is 1. The molecule has 0 aliphatic carbocycles. The number of imidazole rings is 1. The van der Waals surface area contributed by atoms with Gasteiger partial charge in [0.15, 0.2) is 0 Å². The van der Waals surface area contributed by atoms with Crippen molar-refractivity contribution in [3.05, 3.63) is 51.5 Å². The highest BCUT2D eigenvalue weighted by molar-refractivity contribution is 6.42. The SMILES string of the molecule is Cc1cc(C(=O)NCCCN2CCOCC2)ccc1-c1nc2cc(Cl)c(Cl)cc2[nH]1. The average Bonchev–Trinajstić information content (AvgIpc) is 3.14. The zero-order chi connectivity index (χ0) is 21.1. The first kappa shape index (κ1) is 21.1. The number of hydrogen-bond donors (Lipinski definition) is 2. The summed E-state index contributed by atoms with van der Waals surface area (Å²) in [5, 5.41) is 3.96. The molecule has 0 spiro atoms. The lowest BCUT2D eigenvalue weighted by Gasteiger charge is -2.26. The van der Waals surface area contributed by atoms with E-state index in [1.165, 1.54) is 0 Å². The van der Waals surface area contributed by atoms with Crippen LogP contribution >= 0.6 is 23.2 Å². The minimum Gasteiger partial charge on any atom is -0.379 e. The van der Waals surface area contributed by atoms with E-state index in [9.17, 15) is 4.79 Å². The van der Waals surface area contributed by atoms with Crippen molar-refractivity contribution in [3.63, 3.8) is 0 Å². The van der Waals surface area contributed by atoms with Crippen molar-refractivity contribution in [2.45, 2.75) is 13.3 Å². The fourth-order valence-corrected chi connectivity index (χ4v) is 3.96. The number of amides is 1. The number of carbonyl (C=O) groups is 1. The van der Waals surface area contributed by atoms with Crippen LogP contribution in [0.1, 0.15) is 22.3 Å². The Morgan fingerprint density at radius 3 is 2.73 bits per heavy atom. The smallest absolute Gasteiger partial charge is 0.251 e. The summed E-state index contributed by atoms with van der Waals surface area (Å²) >= 11 is 12.2. The molecule has 2 aromatic carbocycles. The molecule has 4 rings (SSSR count). The number of rotatable bonds is 6. The highest BCUT2D eigenvalue weighted by Crippen LogP contribution is 2.30. The van der Waals surface area contributed by atoms with Gasteiger partial charge in [0.1, 0.15) is 5.82 Å². The molecule has 1 saturated heterocycles. The van der Waals surface area contributed by atoms with Crippen LogP contribution in [-0.4, -0.2) is 60.2 Å². The van der Waals surface area contributed by atoms with Crippen molar-refractivity contribution in [1.29, 1.82) is 0 Å². The molecule has 30 heavy (non-hydrogen) atoms. The van der Waals surface area contributed by atoms with Crippen LogP contribution in [0.2, 0.25) is 10.0 Å². The fraction of sp³-hybridized carbons (Fsp3) is 0.364. The maximum absolute atomic E-state index is 12.5. The van der Waals surface area contributed by atoms with E-state index in [0.717, 1.165) is 67.3 Å². The second-order valence-electron chi connectivity index (χ2n) is 7.46. The standard InChI is InChI=1S/C22H24Cl2N4O2/c1-14-11-15(22(29)25-5-2-6-28-7-9-30-10-8-28)3-4-16(14)21-26-19-12-17(23)18(24)13-20(19)27-21/h3-4,11-13H,2,5-10H2,1H3,(H,25,29)(H,26,27). The van der Waals surface area contributed by atoms with Crippen molar-refractivity contribution in [2.24, 2.45) is 0 Å². The van der Waals surface area contributed by atoms with Crippen molar-refractivity contribution >= 4 is 40.1 Å². The lowest BCUT2D eigenvalue weighted by Crippen LogP contribution is -2.38. The second-order valence-corrected chi connectivity index (χ2v) is 8.28. The molecule has 8 heteroatoms. The average molecular weight is 447 g/mol. The molecule has 2 N–H and O–H groups in total. The Morgan fingerprint density at radius 2 is 1.97 bits per heavy atom. The normalized spacial score (nSPS) is 14.9. The number of ether oxygens (including phenoxy) is 1. The molecule has 1 aromatic heterocycles. The third-order valence-electron chi connectivity index (χ3n) is 5.31. The molecule has 2 heterocycles. The zero-order valence-corrected chi connectivity index (χ0v) is 18.3. The van der Waals surface area contributed by atoms with Crippen LogP contribution in [0.5, 0.6) is 0 Å². The molecule has 0 bridgehead atoms. The summed E-state index contributed by atoms with van der Waals surface area (Å²) in [4.78, 5) is 22.8. The largest absolute Gasteiger partial charge is 0.379 e. The number of halogens is 2. The van der Waals surface area contributed by atoms with Gasteiger partial charge >= 0.3 is 0 Å². The van der Waals surface area contributed by atoms with Crippen LogP contribution in [0.25, 0.3) is 22.4 Å². The Hall–Kier alpha value is -2.12. The molecular formula is C22H24Cl2N4O2. The minimum atomic E-state index is -0.0604. The highest BCUT2D eigenvalue weighted by Gasteiger charge is 2.13. The van der Waals surface area contributed by atoms with Crippen LogP contribution < -0.4 is 5.32 Å². The van der Waals surface area contributed by atoms with Crippen molar-refractivity contribution in [2.75, 3.05) is 39.4 Å². The number of carbonyl (C=O) groups excluding carboxylic acids is 1. The van der Waals surface area contributed by atoms with Gasteiger partial charge in [0, 0.05) is 30.8 Å². The first-order valence-corrected chi connectivity index (χ1v) is 10.8. The van der Waals surface area contributed by atoms with Gasteiger partial charge in [0.05, 0.1) is 34.3 Å². The fourth-order valence-electron chi connectivity index (χ4n) is 3.63. The summed E-state index contributed by atoms with van der Waals surface area (Å²) in [7, 11) is 0. The second kappa shape index (κ2) is 9.35. The number of aromatic nitrogens is 2. The minimum absolute atomic E-state index is 0.0604. The number of morpholine rings is 1. The number of hydrogen-bond acceptors (Lipinski definition) is 4. The maximum Gasteiger partial charge on any atom is 0.251 e. The van der Waals surface area contributed by atoms with Crippen LogP contribution in [0, 0.1) is 6.92 Å². The molecule has 0 saturated carbocycles. The number of H-pyrrole nitrogens is 1. The Kier molecular flexibility index (Phi) is 6.58. The van der Waals surface area contributed by atoms with Crippen molar-refractivity contribution in [1.82, 2.24) is 20.2 Å². The van der Waals surface area contributed by atoms with Gasteiger partial charge in [-0.3, -0.25) is 9.69 Å². The van der Waals surface area contributed by atoms with E-state index < -0.39 is 0 Å². The van der Waals surface area contributed by atoms with E-state index in [4.69, 9.17) is 27.9 Å². The van der Waals surface area contributed by atoms with Crippen LogP contribution in [0.3, 0.4) is 0 Å². The third-order valence-corrected chi connectivity index (χ3v) is 6.03.